The van der Waals surface area contributed by atoms with Crippen LogP contribution in [0.1, 0.15) is 21.8 Å². The summed E-state index contributed by atoms with van der Waals surface area (Å²) in [4.78, 5) is 11.8. The number of hydrogen-bond acceptors (Lipinski definition) is 5. The number of hydrogen-bond donors (Lipinski definition) is 1. The van der Waals surface area contributed by atoms with E-state index in [1.807, 2.05) is 6.07 Å². The molecule has 1 amide bonds. The highest BCUT2D eigenvalue weighted by atomic mass is 16.5. The molecule has 0 radical (unpaired) electrons. The third-order valence-electron chi connectivity index (χ3n) is 2.14. The SMILES string of the molecule is Cc1cc(C(=O)Nc2c(C#N)cnn2C)on1. The number of amides is 1. The van der Waals surface area contributed by atoms with E-state index in [9.17, 15) is 4.79 Å². The average Bonchev–Trinajstić information content (AvgIpc) is 2.87. The summed E-state index contributed by atoms with van der Waals surface area (Å²) in [5, 5.41) is 18.9. The lowest BCUT2D eigenvalue weighted by Gasteiger charge is -2.02. The molecule has 0 aliphatic rings. The lowest BCUT2D eigenvalue weighted by molar-refractivity contribution is 0.0987. The molecule has 0 aliphatic heterocycles. The second-order valence-electron chi connectivity index (χ2n) is 3.43. The summed E-state index contributed by atoms with van der Waals surface area (Å²) in [6, 6.07) is 3.45. The minimum Gasteiger partial charge on any atom is -0.351 e. The van der Waals surface area contributed by atoms with Crippen LogP contribution in [0, 0.1) is 18.3 Å². The van der Waals surface area contributed by atoms with Crippen molar-refractivity contribution in [1.82, 2.24) is 14.9 Å². The van der Waals surface area contributed by atoms with Crippen molar-refractivity contribution in [2.75, 3.05) is 5.32 Å². The van der Waals surface area contributed by atoms with Crippen LogP contribution in [0.25, 0.3) is 0 Å². The Labute approximate surface area is 96.6 Å². The van der Waals surface area contributed by atoms with Crippen molar-refractivity contribution in [2.24, 2.45) is 7.05 Å². The van der Waals surface area contributed by atoms with Gasteiger partial charge in [-0.3, -0.25) is 9.48 Å². The first-order chi connectivity index (χ1) is 8.11. The van der Waals surface area contributed by atoms with Gasteiger partial charge in [0.05, 0.1) is 11.9 Å². The number of rotatable bonds is 2. The number of aromatic nitrogens is 3. The van der Waals surface area contributed by atoms with Gasteiger partial charge in [0.25, 0.3) is 5.91 Å². The van der Waals surface area contributed by atoms with Crippen LogP contribution in [0.4, 0.5) is 5.82 Å². The van der Waals surface area contributed by atoms with Crippen LogP contribution >= 0.6 is 0 Å². The molecular weight excluding hydrogens is 222 g/mol. The largest absolute Gasteiger partial charge is 0.351 e. The fourth-order valence-electron chi connectivity index (χ4n) is 1.31. The highest BCUT2D eigenvalue weighted by molar-refractivity contribution is 6.02. The highest BCUT2D eigenvalue weighted by Gasteiger charge is 2.16. The lowest BCUT2D eigenvalue weighted by Crippen LogP contribution is -2.14. The molecule has 0 saturated heterocycles. The Morgan fingerprint density at radius 3 is 3.00 bits per heavy atom. The van der Waals surface area contributed by atoms with Gasteiger partial charge in [0.1, 0.15) is 17.5 Å². The van der Waals surface area contributed by atoms with Gasteiger partial charge in [0.15, 0.2) is 0 Å². The van der Waals surface area contributed by atoms with E-state index in [0.29, 0.717) is 11.5 Å². The molecule has 2 rings (SSSR count). The normalized spacial score (nSPS) is 9.94. The van der Waals surface area contributed by atoms with Crippen LogP contribution < -0.4 is 5.32 Å². The molecule has 17 heavy (non-hydrogen) atoms. The molecule has 1 N–H and O–H groups in total. The van der Waals surface area contributed by atoms with Crippen LogP contribution in [-0.2, 0) is 7.05 Å². The van der Waals surface area contributed by atoms with Crippen molar-refractivity contribution < 1.29 is 9.32 Å². The predicted octanol–water partition coefficient (Wildman–Crippen LogP) is 0.840. The van der Waals surface area contributed by atoms with Gasteiger partial charge in [-0.05, 0) is 6.92 Å². The van der Waals surface area contributed by atoms with Crippen molar-refractivity contribution in [2.45, 2.75) is 6.92 Å². The molecule has 0 spiro atoms. The molecule has 2 aromatic heterocycles. The minimum absolute atomic E-state index is 0.0904. The summed E-state index contributed by atoms with van der Waals surface area (Å²) in [6.45, 7) is 1.71. The lowest BCUT2D eigenvalue weighted by atomic mass is 10.3. The number of carbonyl (C=O) groups is 1. The summed E-state index contributed by atoms with van der Waals surface area (Å²) in [7, 11) is 1.63. The Balaban J connectivity index is 2.24. The maximum Gasteiger partial charge on any atom is 0.295 e. The highest BCUT2D eigenvalue weighted by Crippen LogP contribution is 2.14. The first kappa shape index (κ1) is 10.9. The van der Waals surface area contributed by atoms with E-state index < -0.39 is 5.91 Å². The van der Waals surface area contributed by atoms with Gasteiger partial charge in [-0.1, -0.05) is 5.16 Å². The Morgan fingerprint density at radius 1 is 1.65 bits per heavy atom. The zero-order chi connectivity index (χ0) is 12.4. The van der Waals surface area contributed by atoms with Crippen molar-refractivity contribution in [3.05, 3.63) is 29.3 Å². The molecule has 0 bridgehead atoms. The number of nitriles is 1. The van der Waals surface area contributed by atoms with Crippen molar-refractivity contribution in [1.29, 1.82) is 5.26 Å². The monoisotopic (exact) mass is 231 g/mol. The van der Waals surface area contributed by atoms with Crippen molar-refractivity contribution >= 4 is 11.7 Å². The Morgan fingerprint density at radius 2 is 2.41 bits per heavy atom. The van der Waals surface area contributed by atoms with Gasteiger partial charge in [0.2, 0.25) is 5.76 Å². The Hall–Kier alpha value is -2.62. The Bertz CT molecular complexity index is 604. The van der Waals surface area contributed by atoms with Crippen LogP contribution in [0.5, 0.6) is 0 Å². The average molecular weight is 231 g/mol. The molecule has 0 saturated carbocycles. The molecule has 0 aliphatic carbocycles. The first-order valence-electron chi connectivity index (χ1n) is 4.78. The number of anilines is 1. The molecule has 7 nitrogen and oxygen atoms in total. The molecule has 0 atom stereocenters. The zero-order valence-electron chi connectivity index (χ0n) is 9.26. The fourth-order valence-corrected chi connectivity index (χ4v) is 1.31. The van der Waals surface area contributed by atoms with Gasteiger partial charge in [-0.15, -0.1) is 0 Å². The molecule has 2 heterocycles. The van der Waals surface area contributed by atoms with E-state index in [1.54, 1.807) is 14.0 Å². The number of carbonyl (C=O) groups excluding carboxylic acids is 1. The second kappa shape index (κ2) is 4.09. The maximum absolute atomic E-state index is 11.8. The standard InChI is InChI=1S/C10H9N5O2/c1-6-3-8(17-14-6)10(16)13-9-7(4-11)5-12-15(9)2/h3,5H,1-2H3,(H,13,16). The molecule has 7 heteroatoms. The smallest absolute Gasteiger partial charge is 0.295 e. The number of nitrogens with one attached hydrogen (secondary N) is 1. The van der Waals surface area contributed by atoms with Crippen molar-refractivity contribution in [3.63, 3.8) is 0 Å². The maximum atomic E-state index is 11.8. The molecule has 0 fully saturated rings. The minimum atomic E-state index is -0.467. The van der Waals surface area contributed by atoms with Crippen LogP contribution in [-0.4, -0.2) is 20.8 Å². The van der Waals surface area contributed by atoms with E-state index in [1.165, 1.54) is 16.9 Å². The van der Waals surface area contributed by atoms with Gasteiger partial charge < -0.3 is 9.84 Å². The van der Waals surface area contributed by atoms with Crippen LogP contribution in [0.3, 0.4) is 0 Å². The third-order valence-corrected chi connectivity index (χ3v) is 2.14. The number of aryl methyl sites for hydroxylation is 2. The summed E-state index contributed by atoms with van der Waals surface area (Å²) in [5.74, 6) is -0.0511. The molecule has 0 aromatic carbocycles. The third kappa shape index (κ3) is 2.01. The fraction of sp³-hybridized carbons (Fsp3) is 0.200. The first-order valence-corrected chi connectivity index (χ1v) is 4.78. The zero-order valence-corrected chi connectivity index (χ0v) is 9.26. The summed E-state index contributed by atoms with van der Waals surface area (Å²) >= 11 is 0. The topological polar surface area (TPSA) is 96.7 Å². The number of nitrogens with zero attached hydrogens (tertiary/aromatic N) is 4. The predicted molar refractivity (Wildman–Crippen MR) is 57.1 cm³/mol. The summed E-state index contributed by atoms with van der Waals surface area (Å²) in [5.41, 5.74) is 0.901. The van der Waals surface area contributed by atoms with E-state index in [2.05, 4.69) is 15.6 Å². The van der Waals surface area contributed by atoms with E-state index in [0.717, 1.165) is 0 Å². The van der Waals surface area contributed by atoms with Gasteiger partial charge in [-0.2, -0.15) is 10.4 Å². The molecule has 0 unspecified atom stereocenters. The quantitative estimate of drug-likeness (QED) is 0.825. The van der Waals surface area contributed by atoms with Gasteiger partial charge in [-0.25, -0.2) is 0 Å². The van der Waals surface area contributed by atoms with E-state index in [-0.39, 0.29) is 11.3 Å². The van der Waals surface area contributed by atoms with E-state index >= 15 is 0 Å². The van der Waals surface area contributed by atoms with E-state index in [4.69, 9.17) is 9.78 Å². The van der Waals surface area contributed by atoms with Crippen LogP contribution in [0.2, 0.25) is 0 Å². The summed E-state index contributed by atoms with van der Waals surface area (Å²) in [6.07, 6.45) is 1.38. The van der Waals surface area contributed by atoms with Crippen LogP contribution in [0.15, 0.2) is 16.8 Å². The summed E-state index contributed by atoms with van der Waals surface area (Å²) < 4.78 is 6.22. The molecule has 86 valence electrons. The van der Waals surface area contributed by atoms with Gasteiger partial charge in [0, 0.05) is 13.1 Å². The second-order valence-corrected chi connectivity index (χ2v) is 3.43. The molecular formula is C10H9N5O2. The Kier molecular flexibility index (Phi) is 2.62. The van der Waals surface area contributed by atoms with Gasteiger partial charge >= 0.3 is 0 Å². The van der Waals surface area contributed by atoms with Crippen molar-refractivity contribution in [3.8, 4) is 6.07 Å². The molecule has 2 aromatic rings.